The molecule has 32 heavy (non-hydrogen) atoms. The van der Waals surface area contributed by atoms with E-state index < -0.39 is 0 Å². The van der Waals surface area contributed by atoms with Gasteiger partial charge >= 0.3 is 0 Å². The predicted molar refractivity (Wildman–Crippen MR) is 123 cm³/mol. The Kier molecular flexibility index (Phi) is 6.12. The Balaban J connectivity index is 1.72. The molecule has 1 N–H and O–H groups in total. The quantitative estimate of drug-likeness (QED) is 0.381. The van der Waals surface area contributed by atoms with Gasteiger partial charge in [-0.15, -0.1) is 0 Å². The third kappa shape index (κ3) is 4.44. The van der Waals surface area contributed by atoms with Gasteiger partial charge in [-0.1, -0.05) is 43.0 Å². The summed E-state index contributed by atoms with van der Waals surface area (Å²) in [5.41, 5.74) is 1.46. The van der Waals surface area contributed by atoms with E-state index in [2.05, 4.69) is 6.58 Å². The van der Waals surface area contributed by atoms with E-state index in [4.69, 9.17) is 18.6 Å². The number of hydrogen-bond donors (Lipinski definition) is 1. The molecule has 0 spiro atoms. The van der Waals surface area contributed by atoms with E-state index in [1.165, 1.54) is 12.1 Å². The largest absolute Gasteiger partial charge is 0.507 e. The second-order valence-corrected chi connectivity index (χ2v) is 7.03. The second kappa shape index (κ2) is 9.31. The summed E-state index contributed by atoms with van der Waals surface area (Å²) in [4.78, 5) is 12.7. The Morgan fingerprint density at radius 1 is 1.00 bits per heavy atom. The highest BCUT2D eigenvalue weighted by molar-refractivity contribution is 5.86. The molecule has 0 saturated heterocycles. The first-order valence-electron chi connectivity index (χ1n) is 9.98. The van der Waals surface area contributed by atoms with Crippen LogP contribution in [0.15, 0.2) is 88.6 Å². The highest BCUT2D eigenvalue weighted by Crippen LogP contribution is 2.35. The Morgan fingerprint density at radius 2 is 1.81 bits per heavy atom. The molecular weight excluding hydrogens is 408 g/mol. The number of benzene rings is 3. The van der Waals surface area contributed by atoms with Crippen LogP contribution in [-0.4, -0.2) is 18.8 Å². The first-order valence-corrected chi connectivity index (χ1v) is 9.98. The van der Waals surface area contributed by atoms with Gasteiger partial charge in [0.25, 0.3) is 0 Å². The molecule has 1 aromatic heterocycles. The molecule has 0 radical (unpaired) electrons. The monoisotopic (exact) mass is 430 g/mol. The summed E-state index contributed by atoms with van der Waals surface area (Å²) in [6.45, 7) is 4.27. The lowest BCUT2D eigenvalue weighted by Gasteiger charge is -2.12. The minimum absolute atomic E-state index is 0.0949. The summed E-state index contributed by atoms with van der Waals surface area (Å²) in [5, 5.41) is 10.5. The molecule has 4 rings (SSSR count). The molecule has 6 nitrogen and oxygen atoms in total. The third-order valence-corrected chi connectivity index (χ3v) is 4.84. The van der Waals surface area contributed by atoms with Crippen molar-refractivity contribution >= 4 is 11.0 Å². The number of phenols is 1. The number of ether oxygens (including phenoxy) is 3. The van der Waals surface area contributed by atoms with E-state index in [9.17, 15) is 9.90 Å². The second-order valence-electron chi connectivity index (χ2n) is 7.03. The van der Waals surface area contributed by atoms with E-state index in [1.807, 2.05) is 30.3 Å². The van der Waals surface area contributed by atoms with E-state index in [-0.39, 0.29) is 22.1 Å². The van der Waals surface area contributed by atoms with Gasteiger partial charge in [0.1, 0.15) is 41.4 Å². The molecule has 162 valence electrons. The Labute approximate surface area is 184 Å². The average molecular weight is 430 g/mol. The van der Waals surface area contributed by atoms with Crippen molar-refractivity contribution in [3.8, 4) is 34.3 Å². The van der Waals surface area contributed by atoms with Gasteiger partial charge in [0.2, 0.25) is 0 Å². The smallest absolute Gasteiger partial charge is 0.197 e. The lowest BCUT2D eigenvalue weighted by Crippen LogP contribution is -2.02. The van der Waals surface area contributed by atoms with Crippen molar-refractivity contribution in [2.45, 2.75) is 6.61 Å². The van der Waals surface area contributed by atoms with Crippen molar-refractivity contribution in [1.29, 1.82) is 0 Å². The molecule has 3 aromatic carbocycles. The SMILES string of the molecule is C=CCOc1cc(-c2cc(=O)c3c(O)cc(OCc4ccccc4)cc3o2)ccc1OC. The third-order valence-electron chi connectivity index (χ3n) is 4.84. The average Bonchev–Trinajstić information content (AvgIpc) is 2.81. The van der Waals surface area contributed by atoms with Crippen molar-refractivity contribution in [2.75, 3.05) is 13.7 Å². The number of methoxy groups -OCH3 is 1. The number of aromatic hydroxyl groups is 1. The highest BCUT2D eigenvalue weighted by atomic mass is 16.5. The van der Waals surface area contributed by atoms with Crippen LogP contribution in [-0.2, 0) is 6.61 Å². The molecule has 0 aliphatic rings. The Bertz CT molecular complexity index is 1310. The van der Waals surface area contributed by atoms with Crippen molar-refractivity contribution in [2.24, 2.45) is 0 Å². The van der Waals surface area contributed by atoms with Crippen LogP contribution in [0.25, 0.3) is 22.3 Å². The Morgan fingerprint density at radius 3 is 2.56 bits per heavy atom. The van der Waals surface area contributed by atoms with Gasteiger partial charge in [-0.25, -0.2) is 0 Å². The van der Waals surface area contributed by atoms with Crippen LogP contribution >= 0.6 is 0 Å². The molecule has 0 fully saturated rings. The van der Waals surface area contributed by atoms with E-state index in [0.717, 1.165) is 5.56 Å². The normalized spacial score (nSPS) is 10.7. The van der Waals surface area contributed by atoms with E-state index in [1.54, 1.807) is 37.5 Å². The van der Waals surface area contributed by atoms with Crippen LogP contribution in [0.5, 0.6) is 23.0 Å². The first-order chi connectivity index (χ1) is 15.6. The molecule has 4 aromatic rings. The maximum absolute atomic E-state index is 12.7. The van der Waals surface area contributed by atoms with Gasteiger partial charge in [-0.05, 0) is 23.8 Å². The fourth-order valence-corrected chi connectivity index (χ4v) is 3.30. The maximum atomic E-state index is 12.7. The van der Waals surface area contributed by atoms with E-state index in [0.29, 0.717) is 41.8 Å². The lowest BCUT2D eigenvalue weighted by atomic mass is 10.1. The Hall–Kier alpha value is -4.19. The van der Waals surface area contributed by atoms with Gasteiger partial charge in [-0.2, -0.15) is 0 Å². The van der Waals surface area contributed by atoms with Crippen LogP contribution in [0.2, 0.25) is 0 Å². The minimum Gasteiger partial charge on any atom is -0.507 e. The molecule has 0 bridgehead atoms. The molecule has 0 aliphatic carbocycles. The van der Waals surface area contributed by atoms with Crippen molar-refractivity contribution in [3.05, 3.63) is 95.2 Å². The standard InChI is InChI=1S/C26H22O6/c1-3-11-30-24-12-18(9-10-22(24)29-2)23-15-21(28)26-20(27)13-19(14-25(26)32-23)31-16-17-7-5-4-6-8-17/h3-10,12-15,27H,1,11,16H2,2H3. The van der Waals surface area contributed by atoms with Gasteiger partial charge < -0.3 is 23.7 Å². The summed E-state index contributed by atoms with van der Waals surface area (Å²) in [6.07, 6.45) is 1.63. The number of hydrogen-bond acceptors (Lipinski definition) is 6. The molecule has 1 heterocycles. The molecule has 0 atom stereocenters. The number of fused-ring (bicyclic) bond motifs is 1. The van der Waals surface area contributed by atoms with Crippen LogP contribution in [0.1, 0.15) is 5.56 Å². The zero-order valence-corrected chi connectivity index (χ0v) is 17.5. The van der Waals surface area contributed by atoms with Gasteiger partial charge in [-0.3, -0.25) is 4.79 Å². The molecule has 0 aliphatic heterocycles. The molecule has 0 amide bonds. The highest BCUT2D eigenvalue weighted by Gasteiger charge is 2.15. The van der Waals surface area contributed by atoms with Gasteiger partial charge in [0.05, 0.1) is 7.11 Å². The topological polar surface area (TPSA) is 78.1 Å². The van der Waals surface area contributed by atoms with Gasteiger partial charge in [0, 0.05) is 23.8 Å². The zero-order chi connectivity index (χ0) is 22.5. The summed E-state index contributed by atoms with van der Waals surface area (Å²) < 4.78 is 22.7. The molecule has 0 unspecified atom stereocenters. The fourth-order valence-electron chi connectivity index (χ4n) is 3.30. The van der Waals surface area contributed by atoms with Crippen molar-refractivity contribution in [3.63, 3.8) is 0 Å². The van der Waals surface area contributed by atoms with Crippen LogP contribution in [0.4, 0.5) is 0 Å². The molecule has 0 saturated carbocycles. The summed E-state index contributed by atoms with van der Waals surface area (Å²) >= 11 is 0. The summed E-state index contributed by atoms with van der Waals surface area (Å²) in [5.74, 6) is 1.57. The zero-order valence-electron chi connectivity index (χ0n) is 17.5. The molecule has 6 heteroatoms. The van der Waals surface area contributed by atoms with Crippen molar-refractivity contribution in [1.82, 2.24) is 0 Å². The summed E-state index contributed by atoms with van der Waals surface area (Å²) in [6, 6.07) is 19.2. The minimum atomic E-state index is -0.363. The number of rotatable bonds is 8. The predicted octanol–water partition coefficient (Wildman–Crippen LogP) is 5.32. The first kappa shape index (κ1) is 21.1. The van der Waals surface area contributed by atoms with E-state index >= 15 is 0 Å². The van der Waals surface area contributed by atoms with Crippen molar-refractivity contribution < 1.29 is 23.7 Å². The fraction of sp³-hybridized carbons (Fsp3) is 0.115. The maximum Gasteiger partial charge on any atom is 0.197 e. The van der Waals surface area contributed by atoms with Crippen LogP contribution < -0.4 is 19.6 Å². The molecular formula is C26H22O6. The van der Waals surface area contributed by atoms with Gasteiger partial charge in [0.15, 0.2) is 16.9 Å². The van der Waals surface area contributed by atoms with Crippen LogP contribution in [0.3, 0.4) is 0 Å². The van der Waals surface area contributed by atoms with Crippen LogP contribution in [0, 0.1) is 0 Å². The lowest BCUT2D eigenvalue weighted by molar-refractivity contribution is 0.304. The number of phenolic OH excluding ortho intramolecular Hbond substituents is 1. The summed E-state index contributed by atoms with van der Waals surface area (Å²) in [7, 11) is 1.55.